The van der Waals surface area contributed by atoms with Crippen LogP contribution in [0.5, 0.6) is 0 Å². The van der Waals surface area contributed by atoms with Crippen molar-refractivity contribution in [2.45, 2.75) is 18.9 Å². The summed E-state index contributed by atoms with van der Waals surface area (Å²) in [6.07, 6.45) is 3.69. The van der Waals surface area contributed by atoms with E-state index in [1.165, 1.54) is 0 Å². The molecule has 6 rings (SSSR count). The molecule has 30 heavy (non-hydrogen) atoms. The molecular weight excluding hydrogens is 394 g/mol. The number of amides is 1. The van der Waals surface area contributed by atoms with Gasteiger partial charge >= 0.3 is 0 Å². The van der Waals surface area contributed by atoms with E-state index >= 15 is 0 Å². The molecule has 0 spiro atoms. The first-order valence-electron chi connectivity index (χ1n) is 9.88. The molecule has 1 N–H and O–H groups in total. The highest BCUT2D eigenvalue weighted by Crippen LogP contribution is 2.32. The molecule has 6 heteroatoms. The molecule has 5 nitrogen and oxygen atoms in total. The average molecular weight is 411 g/mol. The van der Waals surface area contributed by atoms with E-state index in [0.717, 1.165) is 45.1 Å². The van der Waals surface area contributed by atoms with Crippen molar-refractivity contribution in [2.75, 3.05) is 0 Å². The highest BCUT2D eigenvalue weighted by atomic mass is 32.1. The second kappa shape index (κ2) is 6.78. The number of benzene rings is 2. The number of rotatable bonds is 4. The van der Waals surface area contributed by atoms with E-state index in [4.69, 9.17) is 9.40 Å². The first kappa shape index (κ1) is 17.4. The van der Waals surface area contributed by atoms with Gasteiger partial charge in [-0.3, -0.25) is 4.79 Å². The maximum Gasteiger partial charge on any atom is 0.252 e. The number of aromatic nitrogens is 2. The summed E-state index contributed by atoms with van der Waals surface area (Å²) in [4.78, 5) is 22.2. The molecule has 1 fully saturated rings. The normalized spacial score (nSPS) is 13.7. The molecule has 146 valence electrons. The summed E-state index contributed by atoms with van der Waals surface area (Å²) in [5.41, 5.74) is 6.98. The van der Waals surface area contributed by atoms with Crippen molar-refractivity contribution in [2.24, 2.45) is 0 Å². The number of furan rings is 1. The van der Waals surface area contributed by atoms with Crippen LogP contribution in [0, 0.1) is 0 Å². The van der Waals surface area contributed by atoms with Gasteiger partial charge < -0.3 is 9.73 Å². The lowest BCUT2D eigenvalue weighted by atomic mass is 9.99. The number of carbonyl (C=O) groups excluding carboxylic acids is 1. The number of fused-ring (bicyclic) bond motifs is 2. The van der Waals surface area contributed by atoms with Crippen LogP contribution in [0.1, 0.15) is 23.2 Å². The molecule has 2 aromatic carbocycles. The third-order valence-corrected chi connectivity index (χ3v) is 6.21. The standard InChI is InChI=1S/C24H17N3O2S/c28-24(26-16-5-6-16)18-12-20(22-2-1-9-29-22)27-19-7-3-14(10-17(18)19)15-4-8-23-21(11-15)25-13-30-23/h1-4,7-13,16H,5-6H2,(H,26,28). The van der Waals surface area contributed by atoms with Gasteiger partial charge in [-0.05, 0) is 66.4 Å². The van der Waals surface area contributed by atoms with Gasteiger partial charge in [0.2, 0.25) is 0 Å². The second-order valence-corrected chi connectivity index (χ2v) is 8.43. The average Bonchev–Trinajstić information content (AvgIpc) is 3.23. The highest BCUT2D eigenvalue weighted by Gasteiger charge is 2.25. The van der Waals surface area contributed by atoms with Crippen molar-refractivity contribution in [1.29, 1.82) is 0 Å². The fourth-order valence-corrected chi connectivity index (χ4v) is 4.33. The number of carbonyl (C=O) groups is 1. The first-order chi connectivity index (χ1) is 14.7. The molecule has 1 aliphatic rings. The number of hydrogen-bond donors (Lipinski definition) is 1. The summed E-state index contributed by atoms with van der Waals surface area (Å²) >= 11 is 1.63. The van der Waals surface area contributed by atoms with E-state index in [1.54, 1.807) is 17.6 Å². The SMILES string of the molecule is O=C(NC1CC1)c1cc(-c2ccco2)nc2ccc(-c3ccc4scnc4c3)cc12. The third kappa shape index (κ3) is 3.06. The minimum absolute atomic E-state index is 0.0650. The maximum absolute atomic E-state index is 13.0. The molecule has 0 bridgehead atoms. The summed E-state index contributed by atoms with van der Waals surface area (Å²) < 4.78 is 6.68. The van der Waals surface area contributed by atoms with Gasteiger partial charge in [0, 0.05) is 11.4 Å². The van der Waals surface area contributed by atoms with Gasteiger partial charge in [-0.2, -0.15) is 0 Å². The summed E-state index contributed by atoms with van der Waals surface area (Å²) in [5.74, 6) is 0.584. The summed E-state index contributed by atoms with van der Waals surface area (Å²) in [7, 11) is 0. The zero-order valence-corrected chi connectivity index (χ0v) is 16.8. The molecule has 3 heterocycles. The van der Waals surface area contributed by atoms with E-state index in [0.29, 0.717) is 17.0 Å². The molecule has 1 saturated carbocycles. The summed E-state index contributed by atoms with van der Waals surface area (Å²) in [6.45, 7) is 0. The monoisotopic (exact) mass is 411 g/mol. The lowest BCUT2D eigenvalue weighted by Gasteiger charge is -2.11. The van der Waals surface area contributed by atoms with Gasteiger partial charge in [-0.25, -0.2) is 9.97 Å². The molecule has 1 aliphatic carbocycles. The Morgan fingerprint density at radius 1 is 1.03 bits per heavy atom. The quantitative estimate of drug-likeness (QED) is 0.414. The Hall–Kier alpha value is -3.51. The number of nitrogens with one attached hydrogen (secondary N) is 1. The third-order valence-electron chi connectivity index (χ3n) is 5.40. The van der Waals surface area contributed by atoms with Crippen LogP contribution in [-0.2, 0) is 0 Å². The number of hydrogen-bond acceptors (Lipinski definition) is 5. The Balaban J connectivity index is 1.52. The van der Waals surface area contributed by atoms with Crippen molar-refractivity contribution < 1.29 is 9.21 Å². The molecule has 0 atom stereocenters. The minimum Gasteiger partial charge on any atom is -0.463 e. The Morgan fingerprint density at radius 3 is 2.73 bits per heavy atom. The fourth-order valence-electron chi connectivity index (χ4n) is 3.67. The van der Waals surface area contributed by atoms with E-state index < -0.39 is 0 Å². The molecule has 5 aromatic rings. The van der Waals surface area contributed by atoms with Crippen LogP contribution in [0.15, 0.2) is 70.8 Å². The van der Waals surface area contributed by atoms with E-state index in [1.807, 2.05) is 41.9 Å². The maximum atomic E-state index is 13.0. The van der Waals surface area contributed by atoms with Crippen molar-refractivity contribution in [3.63, 3.8) is 0 Å². The van der Waals surface area contributed by atoms with Gasteiger partial charge in [0.1, 0.15) is 5.69 Å². The largest absolute Gasteiger partial charge is 0.463 e. The second-order valence-electron chi connectivity index (χ2n) is 7.55. The lowest BCUT2D eigenvalue weighted by molar-refractivity contribution is 0.0952. The molecular formula is C24H17N3O2S. The van der Waals surface area contributed by atoms with Crippen LogP contribution in [0.25, 0.3) is 43.7 Å². The molecule has 0 unspecified atom stereocenters. The summed E-state index contributed by atoms with van der Waals surface area (Å²) in [5, 5.41) is 3.94. The van der Waals surface area contributed by atoms with Gasteiger partial charge in [-0.15, -0.1) is 11.3 Å². The van der Waals surface area contributed by atoms with E-state index in [9.17, 15) is 4.79 Å². The summed E-state index contributed by atoms with van der Waals surface area (Å²) in [6, 6.07) is 18.1. The van der Waals surface area contributed by atoms with Gasteiger partial charge in [0.25, 0.3) is 5.91 Å². The Kier molecular flexibility index (Phi) is 3.92. The van der Waals surface area contributed by atoms with Crippen molar-refractivity contribution >= 4 is 38.4 Å². The van der Waals surface area contributed by atoms with Crippen LogP contribution in [0.2, 0.25) is 0 Å². The number of thiazole rings is 1. The van der Waals surface area contributed by atoms with Crippen molar-refractivity contribution in [1.82, 2.24) is 15.3 Å². The predicted octanol–water partition coefficient (Wildman–Crippen LogP) is 5.66. The molecule has 0 radical (unpaired) electrons. The molecule has 0 aliphatic heterocycles. The van der Waals surface area contributed by atoms with Crippen LogP contribution in [0.3, 0.4) is 0 Å². The van der Waals surface area contributed by atoms with Crippen molar-refractivity contribution in [3.05, 3.63) is 71.9 Å². The zero-order valence-electron chi connectivity index (χ0n) is 16.0. The highest BCUT2D eigenvalue weighted by molar-refractivity contribution is 7.16. The molecule has 1 amide bonds. The van der Waals surface area contributed by atoms with Crippen molar-refractivity contribution in [3.8, 4) is 22.6 Å². The lowest BCUT2D eigenvalue weighted by Crippen LogP contribution is -2.25. The van der Waals surface area contributed by atoms with Gasteiger partial charge in [0.05, 0.1) is 33.1 Å². The fraction of sp³-hybridized carbons (Fsp3) is 0.125. The Morgan fingerprint density at radius 2 is 1.90 bits per heavy atom. The number of pyridine rings is 1. The van der Waals surface area contributed by atoms with Crippen LogP contribution in [0.4, 0.5) is 0 Å². The van der Waals surface area contributed by atoms with E-state index in [-0.39, 0.29) is 11.9 Å². The van der Waals surface area contributed by atoms with Crippen LogP contribution >= 0.6 is 11.3 Å². The zero-order chi connectivity index (χ0) is 20.1. The van der Waals surface area contributed by atoms with Crippen LogP contribution < -0.4 is 5.32 Å². The smallest absolute Gasteiger partial charge is 0.252 e. The molecule has 3 aromatic heterocycles. The Bertz CT molecular complexity index is 1400. The molecule has 0 saturated heterocycles. The Labute approximate surface area is 176 Å². The number of nitrogens with zero attached hydrogens (tertiary/aromatic N) is 2. The van der Waals surface area contributed by atoms with E-state index in [2.05, 4.69) is 28.5 Å². The topological polar surface area (TPSA) is 68.0 Å². The first-order valence-corrected chi connectivity index (χ1v) is 10.8. The van der Waals surface area contributed by atoms with Crippen LogP contribution in [-0.4, -0.2) is 21.9 Å². The van der Waals surface area contributed by atoms with Gasteiger partial charge in [0.15, 0.2) is 5.76 Å². The minimum atomic E-state index is -0.0650. The van der Waals surface area contributed by atoms with Gasteiger partial charge in [-0.1, -0.05) is 12.1 Å². The predicted molar refractivity (Wildman–Crippen MR) is 119 cm³/mol.